The molecular formula is C10H20N2O. The number of hydrogen-bond donors (Lipinski definition) is 1. The van der Waals surface area contributed by atoms with Crippen molar-refractivity contribution in [2.45, 2.75) is 39.3 Å². The number of carbonyl (C=O) groups excluding carboxylic acids is 1. The van der Waals surface area contributed by atoms with E-state index in [0.29, 0.717) is 12.0 Å². The molecule has 1 saturated heterocycles. The summed E-state index contributed by atoms with van der Waals surface area (Å²) in [7, 11) is 1.87. The maximum absolute atomic E-state index is 11.8. The van der Waals surface area contributed by atoms with Crippen LogP contribution < -0.4 is 5.32 Å². The third kappa shape index (κ3) is 2.44. The number of carbonyl (C=O) groups is 1. The van der Waals surface area contributed by atoms with Crippen molar-refractivity contribution in [3.8, 4) is 0 Å². The molecule has 76 valence electrons. The standard InChI is InChI=1S/C10H20N2O/c1-7(2)12(4)10(13)9-5-8(3)6-11-9/h7-9,11H,5-6H2,1-4H3/t8-,9-/m0/s1. The lowest BCUT2D eigenvalue weighted by molar-refractivity contribution is -0.133. The van der Waals surface area contributed by atoms with Gasteiger partial charge < -0.3 is 10.2 Å². The van der Waals surface area contributed by atoms with Crippen LogP contribution in [0.15, 0.2) is 0 Å². The molecule has 1 aliphatic rings. The average molecular weight is 184 g/mol. The van der Waals surface area contributed by atoms with Gasteiger partial charge in [-0.15, -0.1) is 0 Å². The van der Waals surface area contributed by atoms with E-state index < -0.39 is 0 Å². The van der Waals surface area contributed by atoms with Gasteiger partial charge in [-0.2, -0.15) is 0 Å². The predicted octanol–water partition coefficient (Wildman–Crippen LogP) is 0.851. The molecule has 13 heavy (non-hydrogen) atoms. The van der Waals surface area contributed by atoms with Crippen molar-refractivity contribution in [1.29, 1.82) is 0 Å². The van der Waals surface area contributed by atoms with Gasteiger partial charge in [-0.05, 0) is 32.7 Å². The van der Waals surface area contributed by atoms with E-state index in [1.807, 2.05) is 25.8 Å². The Morgan fingerprint density at radius 3 is 2.54 bits per heavy atom. The molecule has 1 aliphatic heterocycles. The number of likely N-dealkylation sites (N-methyl/N-ethyl adjacent to an activating group) is 1. The van der Waals surface area contributed by atoms with Crippen LogP contribution in [0.2, 0.25) is 0 Å². The zero-order valence-corrected chi connectivity index (χ0v) is 9.00. The fourth-order valence-electron chi connectivity index (χ4n) is 1.60. The van der Waals surface area contributed by atoms with E-state index in [9.17, 15) is 4.79 Å². The summed E-state index contributed by atoms with van der Waals surface area (Å²) < 4.78 is 0. The first-order valence-corrected chi connectivity index (χ1v) is 5.02. The van der Waals surface area contributed by atoms with Crippen molar-refractivity contribution in [3.63, 3.8) is 0 Å². The van der Waals surface area contributed by atoms with Gasteiger partial charge in [0.1, 0.15) is 0 Å². The molecule has 2 atom stereocenters. The third-order valence-electron chi connectivity index (χ3n) is 2.77. The minimum atomic E-state index is 0.0578. The molecule has 0 spiro atoms. The molecule has 3 heteroatoms. The van der Waals surface area contributed by atoms with E-state index in [1.54, 1.807) is 0 Å². The van der Waals surface area contributed by atoms with Gasteiger partial charge in [-0.25, -0.2) is 0 Å². The highest BCUT2D eigenvalue weighted by atomic mass is 16.2. The first kappa shape index (κ1) is 10.5. The summed E-state index contributed by atoms with van der Waals surface area (Å²) in [5.74, 6) is 0.869. The Morgan fingerprint density at radius 2 is 2.15 bits per heavy atom. The van der Waals surface area contributed by atoms with Crippen LogP contribution in [0.4, 0.5) is 0 Å². The number of hydrogen-bond acceptors (Lipinski definition) is 2. The van der Waals surface area contributed by atoms with Crippen LogP contribution in [0.25, 0.3) is 0 Å². The first-order valence-electron chi connectivity index (χ1n) is 5.02. The molecule has 0 aliphatic carbocycles. The van der Waals surface area contributed by atoms with Crippen molar-refractivity contribution in [2.24, 2.45) is 5.92 Å². The Kier molecular flexibility index (Phi) is 3.31. The van der Waals surface area contributed by atoms with Gasteiger partial charge >= 0.3 is 0 Å². The van der Waals surface area contributed by atoms with Crippen LogP contribution in [0, 0.1) is 5.92 Å². The second-order valence-electron chi connectivity index (χ2n) is 4.34. The van der Waals surface area contributed by atoms with Gasteiger partial charge in [-0.3, -0.25) is 4.79 Å². The Morgan fingerprint density at radius 1 is 1.54 bits per heavy atom. The minimum Gasteiger partial charge on any atom is -0.342 e. The highest BCUT2D eigenvalue weighted by molar-refractivity contribution is 5.82. The molecule has 0 saturated carbocycles. The molecule has 1 fully saturated rings. The zero-order chi connectivity index (χ0) is 10.0. The zero-order valence-electron chi connectivity index (χ0n) is 9.00. The molecule has 0 aromatic rings. The van der Waals surface area contributed by atoms with Crippen molar-refractivity contribution < 1.29 is 4.79 Å². The van der Waals surface area contributed by atoms with Gasteiger partial charge in [0.25, 0.3) is 0 Å². The molecule has 0 unspecified atom stereocenters. The SMILES string of the molecule is CC(C)N(C)C(=O)[C@@H]1C[C@H](C)CN1. The smallest absolute Gasteiger partial charge is 0.239 e. The monoisotopic (exact) mass is 184 g/mol. The second-order valence-corrected chi connectivity index (χ2v) is 4.34. The molecule has 1 N–H and O–H groups in total. The lowest BCUT2D eigenvalue weighted by Gasteiger charge is -2.24. The fourth-order valence-corrected chi connectivity index (χ4v) is 1.60. The molecule has 3 nitrogen and oxygen atoms in total. The number of nitrogens with zero attached hydrogens (tertiary/aromatic N) is 1. The lowest BCUT2D eigenvalue weighted by atomic mass is 10.1. The summed E-state index contributed by atoms with van der Waals surface area (Å²) in [6, 6.07) is 0.354. The van der Waals surface area contributed by atoms with Crippen molar-refractivity contribution >= 4 is 5.91 Å². The van der Waals surface area contributed by atoms with Gasteiger partial charge in [-0.1, -0.05) is 6.92 Å². The quantitative estimate of drug-likeness (QED) is 0.690. The topological polar surface area (TPSA) is 32.3 Å². The Labute approximate surface area is 80.5 Å². The van der Waals surface area contributed by atoms with Gasteiger partial charge in [0.05, 0.1) is 6.04 Å². The van der Waals surface area contributed by atoms with Crippen LogP contribution in [-0.2, 0) is 4.79 Å². The molecule has 1 amide bonds. The fraction of sp³-hybridized carbons (Fsp3) is 0.900. The summed E-state index contributed by atoms with van der Waals surface area (Å²) in [5, 5.41) is 3.25. The first-order chi connectivity index (χ1) is 6.02. The Balaban J connectivity index is 2.48. The maximum atomic E-state index is 11.8. The van der Waals surface area contributed by atoms with Crippen LogP contribution in [-0.4, -0.2) is 36.5 Å². The van der Waals surface area contributed by atoms with Crippen molar-refractivity contribution in [2.75, 3.05) is 13.6 Å². The Hall–Kier alpha value is -0.570. The van der Waals surface area contributed by atoms with Gasteiger partial charge in [0.2, 0.25) is 5.91 Å². The molecule has 1 rings (SSSR count). The molecule has 0 aromatic carbocycles. The van der Waals surface area contributed by atoms with Crippen LogP contribution >= 0.6 is 0 Å². The van der Waals surface area contributed by atoms with E-state index in [4.69, 9.17) is 0 Å². The summed E-state index contributed by atoms with van der Waals surface area (Å²) in [4.78, 5) is 13.6. The highest BCUT2D eigenvalue weighted by Crippen LogP contribution is 2.15. The summed E-state index contributed by atoms with van der Waals surface area (Å²) in [6.45, 7) is 7.23. The second kappa shape index (κ2) is 4.09. The predicted molar refractivity (Wildman–Crippen MR) is 53.5 cm³/mol. The number of rotatable bonds is 2. The van der Waals surface area contributed by atoms with Crippen LogP contribution in [0.1, 0.15) is 27.2 Å². The van der Waals surface area contributed by atoms with Crippen LogP contribution in [0.5, 0.6) is 0 Å². The number of nitrogens with one attached hydrogen (secondary N) is 1. The average Bonchev–Trinajstić information content (AvgIpc) is 2.49. The number of amides is 1. The minimum absolute atomic E-state index is 0.0578. The molecule has 0 aromatic heterocycles. The van der Waals surface area contributed by atoms with Gasteiger partial charge in [0.15, 0.2) is 0 Å². The lowest BCUT2D eigenvalue weighted by Crippen LogP contribution is -2.44. The van der Waals surface area contributed by atoms with E-state index in [0.717, 1.165) is 13.0 Å². The molecule has 0 bridgehead atoms. The van der Waals surface area contributed by atoms with E-state index >= 15 is 0 Å². The molecular weight excluding hydrogens is 164 g/mol. The third-order valence-corrected chi connectivity index (χ3v) is 2.77. The largest absolute Gasteiger partial charge is 0.342 e. The highest BCUT2D eigenvalue weighted by Gasteiger charge is 2.29. The summed E-state index contributed by atoms with van der Waals surface area (Å²) >= 11 is 0. The summed E-state index contributed by atoms with van der Waals surface area (Å²) in [6.07, 6.45) is 0.982. The summed E-state index contributed by atoms with van der Waals surface area (Å²) in [5.41, 5.74) is 0. The van der Waals surface area contributed by atoms with E-state index in [2.05, 4.69) is 12.2 Å². The molecule has 1 heterocycles. The van der Waals surface area contributed by atoms with Crippen molar-refractivity contribution in [1.82, 2.24) is 10.2 Å². The van der Waals surface area contributed by atoms with E-state index in [1.165, 1.54) is 0 Å². The molecule has 0 radical (unpaired) electrons. The van der Waals surface area contributed by atoms with Gasteiger partial charge in [0, 0.05) is 13.1 Å². The Bertz CT molecular complexity index is 191. The van der Waals surface area contributed by atoms with Crippen LogP contribution in [0.3, 0.4) is 0 Å². The van der Waals surface area contributed by atoms with Crippen molar-refractivity contribution in [3.05, 3.63) is 0 Å². The van der Waals surface area contributed by atoms with E-state index in [-0.39, 0.29) is 11.9 Å². The normalized spacial score (nSPS) is 28.1. The maximum Gasteiger partial charge on any atom is 0.239 e.